The summed E-state index contributed by atoms with van der Waals surface area (Å²) in [5.41, 5.74) is 2.01. The number of hydrogen-bond donors (Lipinski definition) is 2. The van der Waals surface area contributed by atoms with Gasteiger partial charge in [-0.1, -0.05) is 6.92 Å². The number of aromatic nitrogens is 3. The van der Waals surface area contributed by atoms with E-state index < -0.39 is 33.3 Å². The fourth-order valence-electron chi connectivity index (χ4n) is 4.22. The highest BCUT2D eigenvalue weighted by Gasteiger charge is 2.49. The Bertz CT molecular complexity index is 1200. The maximum absolute atomic E-state index is 13.1. The molecule has 1 unspecified atom stereocenters. The Morgan fingerprint density at radius 2 is 1.88 bits per heavy atom. The summed E-state index contributed by atoms with van der Waals surface area (Å²) in [5.74, 6) is 0.292. The highest BCUT2D eigenvalue weighted by molar-refractivity contribution is 7.89. The number of sulfonamides is 1. The van der Waals surface area contributed by atoms with Gasteiger partial charge in [0.25, 0.3) is 5.91 Å². The zero-order chi connectivity index (χ0) is 22.5. The third-order valence-corrected chi connectivity index (χ3v) is 8.37. The van der Waals surface area contributed by atoms with Gasteiger partial charge in [0.1, 0.15) is 11.4 Å². The van der Waals surface area contributed by atoms with E-state index in [0.717, 1.165) is 41.1 Å². The number of carbonyl (C=O) groups is 2. The molecule has 2 aromatic rings. The summed E-state index contributed by atoms with van der Waals surface area (Å²) in [4.78, 5) is 37.2. The van der Waals surface area contributed by atoms with Crippen LogP contribution >= 0.6 is 0 Å². The van der Waals surface area contributed by atoms with E-state index in [1.165, 1.54) is 4.31 Å². The van der Waals surface area contributed by atoms with Gasteiger partial charge in [0.05, 0.1) is 11.4 Å². The molecule has 4 heterocycles. The number of urea groups is 1. The molecule has 32 heavy (non-hydrogen) atoms. The van der Waals surface area contributed by atoms with E-state index >= 15 is 0 Å². The van der Waals surface area contributed by atoms with Gasteiger partial charge in [-0.25, -0.2) is 23.2 Å². The van der Waals surface area contributed by atoms with Crippen LogP contribution in [-0.2, 0) is 27.8 Å². The number of hydrogen-bond acceptors (Lipinski definition) is 7. The second-order valence-corrected chi connectivity index (χ2v) is 10.6. The molecule has 11 heteroatoms. The highest BCUT2D eigenvalue weighted by Crippen LogP contribution is 2.38. The van der Waals surface area contributed by atoms with Crippen LogP contribution in [0.5, 0.6) is 0 Å². The predicted octanol–water partition coefficient (Wildman–Crippen LogP) is 1.09. The lowest BCUT2D eigenvalue weighted by Crippen LogP contribution is -2.54. The molecule has 3 aliphatic rings. The van der Waals surface area contributed by atoms with E-state index in [4.69, 9.17) is 0 Å². The molecular formula is C21H24N6O4S. The van der Waals surface area contributed by atoms with Gasteiger partial charge < -0.3 is 5.32 Å². The second kappa shape index (κ2) is 7.59. The van der Waals surface area contributed by atoms with Crippen LogP contribution < -0.4 is 10.6 Å². The molecule has 0 spiro atoms. The number of imide groups is 1. The van der Waals surface area contributed by atoms with Crippen LogP contribution in [0.4, 0.5) is 4.79 Å². The summed E-state index contributed by atoms with van der Waals surface area (Å²) in [5, 5.41) is 4.63. The Kier molecular flexibility index (Phi) is 4.97. The zero-order valence-electron chi connectivity index (χ0n) is 17.7. The summed E-state index contributed by atoms with van der Waals surface area (Å²) in [6.07, 6.45) is 8.28. The fourth-order valence-corrected chi connectivity index (χ4v) is 6.13. The second-order valence-electron chi connectivity index (χ2n) is 8.63. The monoisotopic (exact) mass is 456 g/mol. The van der Waals surface area contributed by atoms with Gasteiger partial charge in [-0.3, -0.25) is 15.1 Å². The third-order valence-electron chi connectivity index (χ3n) is 6.41. The van der Waals surface area contributed by atoms with Crippen molar-refractivity contribution >= 4 is 22.0 Å². The van der Waals surface area contributed by atoms with E-state index in [1.54, 1.807) is 25.5 Å². The topological polar surface area (TPSA) is 134 Å². The molecule has 1 saturated carbocycles. The fraction of sp³-hybridized carbons (Fsp3) is 0.476. The molecule has 2 N–H and O–H groups in total. The Labute approximate surface area is 185 Å². The van der Waals surface area contributed by atoms with Crippen molar-refractivity contribution in [3.8, 4) is 11.3 Å². The van der Waals surface area contributed by atoms with E-state index in [2.05, 4.69) is 25.6 Å². The van der Waals surface area contributed by atoms with Crippen LogP contribution in [-0.4, -0.2) is 57.4 Å². The summed E-state index contributed by atoms with van der Waals surface area (Å²) in [7, 11) is -3.80. The van der Waals surface area contributed by atoms with Crippen LogP contribution in [0.15, 0.2) is 24.7 Å². The molecule has 2 aromatic heterocycles. The standard InChI is InChI=1S/C21H24N6O4S/c1-2-21(19(28)25-20(29)26-21)12-32(30,31)27-6-5-14-7-17(22-10-16(14)11-27)15-8-23-18(24-9-15)13-3-4-13/h7-10,13H,2-6,11-12H2,1H3,(H2,25,26,28,29). The minimum atomic E-state index is -3.80. The zero-order valence-corrected chi connectivity index (χ0v) is 18.5. The van der Waals surface area contributed by atoms with Gasteiger partial charge in [0, 0.05) is 43.2 Å². The summed E-state index contributed by atoms with van der Waals surface area (Å²) in [6.45, 7) is 2.15. The molecule has 1 atom stereocenters. The number of fused-ring (bicyclic) bond motifs is 1. The van der Waals surface area contributed by atoms with Gasteiger partial charge in [-0.15, -0.1) is 0 Å². The Morgan fingerprint density at radius 3 is 2.50 bits per heavy atom. The molecule has 2 aliphatic heterocycles. The molecule has 10 nitrogen and oxygen atoms in total. The van der Waals surface area contributed by atoms with Crippen LogP contribution in [0.3, 0.4) is 0 Å². The van der Waals surface area contributed by atoms with Crippen molar-refractivity contribution in [1.29, 1.82) is 0 Å². The molecule has 0 radical (unpaired) electrons. The number of nitrogens with zero attached hydrogens (tertiary/aromatic N) is 4. The maximum atomic E-state index is 13.1. The number of nitrogens with one attached hydrogen (secondary N) is 2. The minimum absolute atomic E-state index is 0.178. The smallest absolute Gasteiger partial charge is 0.322 e. The van der Waals surface area contributed by atoms with Crippen LogP contribution in [0.2, 0.25) is 0 Å². The summed E-state index contributed by atoms with van der Waals surface area (Å²) in [6, 6.07) is 1.30. The van der Waals surface area contributed by atoms with Crippen LogP contribution in [0.25, 0.3) is 11.3 Å². The molecule has 5 rings (SSSR count). The van der Waals surface area contributed by atoms with Crippen molar-refractivity contribution in [2.45, 2.75) is 50.6 Å². The number of amides is 3. The summed E-state index contributed by atoms with van der Waals surface area (Å²) >= 11 is 0. The van der Waals surface area contributed by atoms with E-state index in [-0.39, 0.29) is 13.0 Å². The van der Waals surface area contributed by atoms with Gasteiger partial charge in [-0.2, -0.15) is 4.31 Å². The van der Waals surface area contributed by atoms with Crippen molar-refractivity contribution in [3.63, 3.8) is 0 Å². The first-order chi connectivity index (χ1) is 15.3. The van der Waals surface area contributed by atoms with E-state index in [9.17, 15) is 18.0 Å². The maximum Gasteiger partial charge on any atom is 0.322 e. The largest absolute Gasteiger partial charge is 0.322 e. The van der Waals surface area contributed by atoms with Crippen molar-refractivity contribution in [1.82, 2.24) is 29.9 Å². The molecule has 1 aliphatic carbocycles. The van der Waals surface area contributed by atoms with Crippen molar-refractivity contribution in [3.05, 3.63) is 41.6 Å². The minimum Gasteiger partial charge on any atom is -0.322 e. The SMILES string of the molecule is CCC1(CS(=O)(=O)N2CCc3cc(-c4cnc(C5CC5)nc4)ncc3C2)NC(=O)NC1=O. The number of rotatable bonds is 6. The molecule has 0 aromatic carbocycles. The van der Waals surface area contributed by atoms with Crippen LogP contribution in [0, 0.1) is 0 Å². The van der Waals surface area contributed by atoms with Gasteiger partial charge in [0.15, 0.2) is 0 Å². The van der Waals surface area contributed by atoms with Crippen LogP contribution in [0.1, 0.15) is 49.1 Å². The Morgan fingerprint density at radius 1 is 1.12 bits per heavy atom. The number of pyridine rings is 1. The Balaban J connectivity index is 1.33. The molecule has 3 amide bonds. The quantitative estimate of drug-likeness (QED) is 0.622. The molecule has 2 fully saturated rings. The third kappa shape index (κ3) is 3.75. The average molecular weight is 457 g/mol. The normalized spacial score (nSPS) is 23.5. The average Bonchev–Trinajstić information content (AvgIpc) is 3.59. The van der Waals surface area contributed by atoms with Gasteiger partial charge in [-0.05, 0) is 42.9 Å². The molecule has 168 valence electrons. The van der Waals surface area contributed by atoms with Crippen molar-refractivity contribution in [2.75, 3.05) is 12.3 Å². The van der Waals surface area contributed by atoms with Gasteiger partial charge in [0.2, 0.25) is 10.0 Å². The lowest BCUT2D eigenvalue weighted by atomic mass is 10.00. The van der Waals surface area contributed by atoms with Crippen molar-refractivity contribution < 1.29 is 18.0 Å². The van der Waals surface area contributed by atoms with Gasteiger partial charge >= 0.3 is 6.03 Å². The molecular weight excluding hydrogens is 432 g/mol. The predicted molar refractivity (Wildman–Crippen MR) is 115 cm³/mol. The molecule has 0 bridgehead atoms. The number of carbonyl (C=O) groups excluding carboxylic acids is 2. The lowest BCUT2D eigenvalue weighted by Gasteiger charge is -2.32. The first-order valence-corrected chi connectivity index (χ1v) is 12.3. The Hall–Kier alpha value is -2.92. The lowest BCUT2D eigenvalue weighted by molar-refractivity contribution is -0.123. The first kappa shape index (κ1) is 21.0. The highest BCUT2D eigenvalue weighted by atomic mass is 32.2. The first-order valence-electron chi connectivity index (χ1n) is 10.7. The van der Waals surface area contributed by atoms with E-state index in [0.29, 0.717) is 18.9 Å². The van der Waals surface area contributed by atoms with Crippen molar-refractivity contribution in [2.24, 2.45) is 0 Å². The van der Waals surface area contributed by atoms with E-state index in [1.807, 2.05) is 6.07 Å². The molecule has 1 saturated heterocycles. The summed E-state index contributed by atoms with van der Waals surface area (Å²) < 4.78 is 27.6.